The number of hydrogen-bond acceptors (Lipinski definition) is 3. The van der Waals surface area contributed by atoms with Gasteiger partial charge in [0.25, 0.3) is 6.71 Å². The highest BCUT2D eigenvalue weighted by atomic mass is 32.1. The molecule has 0 atom stereocenters. The molecule has 0 unspecified atom stereocenters. The molecule has 0 radical (unpaired) electrons. The molecular formula is C86H95BN2S. The van der Waals surface area contributed by atoms with Gasteiger partial charge in [-0.25, -0.2) is 0 Å². The molecule has 15 rings (SSSR count). The number of nitrogens with zero attached hydrogens (tertiary/aromatic N) is 2. The van der Waals surface area contributed by atoms with Crippen LogP contribution >= 0.6 is 11.3 Å². The van der Waals surface area contributed by atoms with Crippen molar-refractivity contribution in [3.8, 4) is 22.3 Å². The Kier molecular flexibility index (Phi) is 13.2. The summed E-state index contributed by atoms with van der Waals surface area (Å²) >= 11 is 2.15. The normalized spacial score (nSPS) is 20.2. The topological polar surface area (TPSA) is 6.48 Å². The molecule has 0 N–H and O–H groups in total. The van der Waals surface area contributed by atoms with Gasteiger partial charge in [0.05, 0.1) is 5.69 Å². The standard InChI is InChI=1S/C86H95BN2S/c1-53-46-57(55-26-22-19-23-27-55)32-37-69(53)89-70-52-67-66(83(10,11)42-43-84(67,12)13)51-68(70)87-75-71(88(61-33-28-56(29-34-61)54-24-20-18-21-25-54)76-74-77(90-78(76)87)86(16,17)45-44-85(74,14)15)49-60(50-72(75)89)73(58-30-35-62-64(47-58)81(6,7)40-38-79(62,2)3)59-31-36-63-65(48-59)82(8,9)41-39-80(63,4)5/h18-37,46-52,73H,38-45H2,1-17H3. The van der Waals surface area contributed by atoms with E-state index in [4.69, 9.17) is 0 Å². The van der Waals surface area contributed by atoms with Crippen LogP contribution in [0.2, 0.25) is 0 Å². The van der Waals surface area contributed by atoms with E-state index < -0.39 is 0 Å². The number of thiophene rings is 1. The summed E-state index contributed by atoms with van der Waals surface area (Å²) in [6.45, 7) is 42.7. The first kappa shape index (κ1) is 59.4. The van der Waals surface area contributed by atoms with Gasteiger partial charge in [-0.1, -0.05) is 232 Å². The van der Waals surface area contributed by atoms with E-state index in [9.17, 15) is 0 Å². The van der Waals surface area contributed by atoms with Crippen LogP contribution in [0, 0.1) is 6.92 Å². The Labute approximate surface area is 544 Å². The molecule has 0 saturated heterocycles. The molecule has 6 aliphatic rings. The Morgan fingerprint density at radius 1 is 0.356 bits per heavy atom. The second-order valence-corrected chi connectivity index (χ2v) is 35.0. The fraction of sp³-hybridized carbons (Fsp3) is 0.395. The van der Waals surface area contributed by atoms with E-state index in [2.05, 4.69) is 303 Å². The zero-order chi connectivity index (χ0) is 63.2. The minimum absolute atomic E-state index is 0.000575. The van der Waals surface area contributed by atoms with E-state index >= 15 is 0 Å². The van der Waals surface area contributed by atoms with Gasteiger partial charge in [0, 0.05) is 44.0 Å². The maximum atomic E-state index is 2.81. The third-order valence-corrected chi connectivity index (χ3v) is 25.7. The fourth-order valence-electron chi connectivity index (χ4n) is 17.9. The summed E-state index contributed by atoms with van der Waals surface area (Å²) in [6, 6.07) is 65.6. The zero-order valence-electron chi connectivity index (χ0n) is 57.2. The van der Waals surface area contributed by atoms with Gasteiger partial charge in [0.15, 0.2) is 0 Å². The van der Waals surface area contributed by atoms with Crippen LogP contribution in [0.4, 0.5) is 34.1 Å². The summed E-state index contributed by atoms with van der Waals surface area (Å²) in [6.07, 6.45) is 9.32. The van der Waals surface area contributed by atoms with Gasteiger partial charge in [0.2, 0.25) is 0 Å². The van der Waals surface area contributed by atoms with Crippen LogP contribution in [0.15, 0.2) is 164 Å². The molecule has 8 aromatic carbocycles. The van der Waals surface area contributed by atoms with E-state index in [1.54, 1.807) is 10.4 Å². The van der Waals surface area contributed by atoms with E-state index in [1.165, 1.54) is 153 Å². The molecule has 4 aliphatic carbocycles. The van der Waals surface area contributed by atoms with Crippen molar-refractivity contribution in [2.45, 2.75) is 218 Å². The minimum atomic E-state index is -0.0780. The number of fused-ring (bicyclic) bond motifs is 9. The van der Waals surface area contributed by atoms with Crippen LogP contribution in [-0.2, 0) is 43.3 Å². The largest absolute Gasteiger partial charge is 0.311 e. The third-order valence-electron chi connectivity index (χ3n) is 24.1. The Bertz CT molecular complexity index is 4310. The number of anilines is 6. The molecule has 3 heterocycles. The predicted octanol–water partition coefficient (Wildman–Crippen LogP) is 22.0. The van der Waals surface area contributed by atoms with Crippen molar-refractivity contribution in [2.24, 2.45) is 0 Å². The van der Waals surface area contributed by atoms with Crippen LogP contribution in [0.1, 0.15) is 234 Å². The van der Waals surface area contributed by atoms with Gasteiger partial charge in [-0.15, -0.1) is 0 Å². The molecule has 458 valence electrons. The first-order chi connectivity index (χ1) is 42.5. The summed E-state index contributed by atoms with van der Waals surface area (Å²) in [7, 11) is 0. The lowest BCUT2D eigenvalue weighted by atomic mass is 9.35. The monoisotopic (exact) mass is 1200 g/mol. The molecule has 2 nitrogen and oxygen atoms in total. The van der Waals surface area contributed by atoms with E-state index in [-0.39, 0.29) is 56.0 Å². The summed E-state index contributed by atoms with van der Waals surface area (Å²) in [5, 5.41) is 0. The first-order valence-electron chi connectivity index (χ1n) is 34.2. The molecule has 0 spiro atoms. The van der Waals surface area contributed by atoms with E-state index in [0.717, 1.165) is 25.7 Å². The van der Waals surface area contributed by atoms with Gasteiger partial charge in [-0.3, -0.25) is 0 Å². The molecule has 2 aliphatic heterocycles. The van der Waals surface area contributed by atoms with Crippen molar-refractivity contribution in [3.05, 3.63) is 230 Å². The Balaban J connectivity index is 1.10. The third kappa shape index (κ3) is 9.19. The molecule has 9 aromatic rings. The summed E-state index contributed by atoms with van der Waals surface area (Å²) in [4.78, 5) is 7.17. The molecule has 0 bridgehead atoms. The second kappa shape index (κ2) is 20.1. The first-order valence-corrected chi connectivity index (χ1v) is 35.0. The SMILES string of the molecule is Cc1cc(-c2ccccc2)ccc1N1c2cc3c(cc2B2c4sc5c(c4N(c4ccc(-c6ccccc6)cc4)c4cc(C(c6ccc7c(c6)C(C)(C)CCC7(C)C)c6ccc7c(c6)C(C)(C)CCC7(C)C)cc1c42)C(C)(C)CCC5(C)C)C(C)(C)CCC3(C)C. The predicted molar refractivity (Wildman–Crippen MR) is 389 cm³/mol. The molecular weight excluding hydrogens is 1100 g/mol. The Morgan fingerprint density at radius 2 is 0.789 bits per heavy atom. The highest BCUT2D eigenvalue weighted by molar-refractivity contribution is 7.29. The van der Waals surface area contributed by atoms with Crippen LogP contribution in [0.5, 0.6) is 0 Å². The maximum absolute atomic E-state index is 2.81. The number of benzene rings is 8. The van der Waals surface area contributed by atoms with Crippen LogP contribution in [-0.4, -0.2) is 6.71 Å². The molecule has 4 heteroatoms. The quantitative estimate of drug-likeness (QED) is 0.116. The van der Waals surface area contributed by atoms with Crippen LogP contribution in [0.3, 0.4) is 0 Å². The number of hydrogen-bond donors (Lipinski definition) is 0. The van der Waals surface area contributed by atoms with E-state index in [1.807, 2.05) is 0 Å². The smallest absolute Gasteiger partial charge is 0.264 e. The van der Waals surface area contributed by atoms with Crippen molar-refractivity contribution in [1.29, 1.82) is 0 Å². The van der Waals surface area contributed by atoms with Crippen molar-refractivity contribution in [1.82, 2.24) is 0 Å². The van der Waals surface area contributed by atoms with Gasteiger partial charge < -0.3 is 9.80 Å². The zero-order valence-corrected chi connectivity index (χ0v) is 58.0. The van der Waals surface area contributed by atoms with E-state index in [0.29, 0.717) is 0 Å². The number of aryl methyl sites for hydroxylation is 1. The second-order valence-electron chi connectivity index (χ2n) is 33.9. The molecule has 0 amide bonds. The van der Waals surface area contributed by atoms with Gasteiger partial charge >= 0.3 is 0 Å². The molecule has 1 aromatic heterocycles. The molecule has 0 fully saturated rings. The lowest BCUT2D eigenvalue weighted by molar-refractivity contribution is 0.331. The Morgan fingerprint density at radius 3 is 1.31 bits per heavy atom. The van der Waals surface area contributed by atoms with Crippen LogP contribution < -0.4 is 25.5 Å². The lowest BCUT2D eigenvalue weighted by Gasteiger charge is -2.48. The minimum Gasteiger partial charge on any atom is -0.311 e. The average Bonchev–Trinajstić information content (AvgIpc) is 1.28. The van der Waals surface area contributed by atoms with Gasteiger partial charge in [-0.05, 0) is 238 Å². The highest BCUT2D eigenvalue weighted by Gasteiger charge is 2.53. The van der Waals surface area contributed by atoms with Crippen molar-refractivity contribution in [3.63, 3.8) is 0 Å². The molecule has 90 heavy (non-hydrogen) atoms. The summed E-state index contributed by atoms with van der Waals surface area (Å²) < 4.78 is 1.50. The lowest BCUT2D eigenvalue weighted by Crippen LogP contribution is -2.61. The van der Waals surface area contributed by atoms with Crippen molar-refractivity contribution >= 4 is 67.9 Å². The van der Waals surface area contributed by atoms with Crippen LogP contribution in [0.25, 0.3) is 22.3 Å². The summed E-state index contributed by atoms with van der Waals surface area (Å²) in [5.41, 5.74) is 31.8. The fourth-order valence-corrected chi connectivity index (χ4v) is 19.6. The number of rotatable bonds is 7. The highest BCUT2D eigenvalue weighted by Crippen LogP contribution is 2.59. The Hall–Kier alpha value is -6.88. The van der Waals surface area contributed by atoms with Crippen molar-refractivity contribution in [2.75, 3.05) is 9.80 Å². The van der Waals surface area contributed by atoms with Gasteiger partial charge in [0.1, 0.15) is 0 Å². The maximum Gasteiger partial charge on any atom is 0.264 e. The van der Waals surface area contributed by atoms with Gasteiger partial charge in [-0.2, -0.15) is 11.3 Å². The van der Waals surface area contributed by atoms with Crippen molar-refractivity contribution < 1.29 is 0 Å². The summed E-state index contributed by atoms with van der Waals surface area (Å²) in [5.74, 6) is -0.0780. The average molecular weight is 1200 g/mol. The molecule has 0 saturated carbocycles.